The van der Waals surface area contributed by atoms with Crippen molar-refractivity contribution < 1.29 is 28.2 Å². The van der Waals surface area contributed by atoms with E-state index in [0.717, 1.165) is 5.56 Å². The van der Waals surface area contributed by atoms with Gasteiger partial charge in [-0.3, -0.25) is 4.79 Å². The summed E-state index contributed by atoms with van der Waals surface area (Å²) < 4.78 is 24.4. The molecule has 1 unspecified atom stereocenters. The molecule has 2 amide bonds. The lowest BCUT2D eigenvalue weighted by molar-refractivity contribution is -0.148. The quantitative estimate of drug-likeness (QED) is 0.593. The van der Waals surface area contributed by atoms with Gasteiger partial charge in [0.2, 0.25) is 5.91 Å². The molecule has 0 aromatic heterocycles. The Morgan fingerprint density at radius 2 is 1.60 bits per heavy atom. The lowest BCUT2D eigenvalue weighted by Gasteiger charge is -2.26. The average molecular weight is 425 g/mol. The van der Waals surface area contributed by atoms with Crippen molar-refractivity contribution in [3.63, 3.8) is 0 Å². The molecular weight excluding hydrogens is 391 g/mol. The van der Waals surface area contributed by atoms with Gasteiger partial charge in [-0.2, -0.15) is 0 Å². The number of nitrogens with one attached hydrogen (secondary N) is 2. The van der Waals surface area contributed by atoms with Crippen LogP contribution >= 0.6 is 0 Å². The van der Waals surface area contributed by atoms with Crippen molar-refractivity contribution in [1.29, 1.82) is 0 Å². The number of rotatable bonds is 9. The molecule has 0 aliphatic heterocycles. The maximum absolute atomic E-state index is 14.2. The number of amides is 2. The summed E-state index contributed by atoms with van der Waals surface area (Å²) in [6.45, 7) is 9.47. The first-order valence-corrected chi connectivity index (χ1v) is 10.00. The van der Waals surface area contributed by atoms with Crippen molar-refractivity contribution >= 4 is 18.0 Å². The molecule has 0 radical (unpaired) electrons. The maximum atomic E-state index is 14.2. The first kappa shape index (κ1) is 25.4. The monoisotopic (exact) mass is 424 g/mol. The smallest absolute Gasteiger partial charge is 0.408 e. The van der Waals surface area contributed by atoms with Gasteiger partial charge in [0.05, 0.1) is 6.61 Å². The first-order chi connectivity index (χ1) is 13.8. The standard InChI is InChI=1S/C22H33FN2O5/c1-7-29-19(27)17(14-22(5,6)23)24-18(26)16(13-15-11-9-8-10-12-15)25-20(28)30-21(2,3)4/h8-12,16-17H,7,13-14H2,1-6H3,(H,24,26)(H,25,28)/t16-,17?/m1/s1. The molecule has 0 saturated heterocycles. The van der Waals surface area contributed by atoms with Crippen molar-refractivity contribution in [2.45, 2.75) is 77.7 Å². The molecule has 30 heavy (non-hydrogen) atoms. The minimum Gasteiger partial charge on any atom is -0.464 e. The molecule has 1 rings (SSSR count). The average Bonchev–Trinajstić information content (AvgIpc) is 2.59. The highest BCUT2D eigenvalue weighted by atomic mass is 19.1. The predicted molar refractivity (Wildman–Crippen MR) is 112 cm³/mol. The van der Waals surface area contributed by atoms with Gasteiger partial charge in [-0.15, -0.1) is 0 Å². The van der Waals surface area contributed by atoms with E-state index in [1.165, 1.54) is 13.8 Å². The molecular formula is C22H33FN2O5. The summed E-state index contributed by atoms with van der Waals surface area (Å²) in [5, 5.41) is 5.06. The largest absolute Gasteiger partial charge is 0.464 e. The number of ether oxygens (including phenoxy) is 2. The summed E-state index contributed by atoms with van der Waals surface area (Å²) in [5.41, 5.74) is -1.66. The van der Waals surface area contributed by atoms with Crippen LogP contribution in [-0.4, -0.2) is 47.9 Å². The third kappa shape index (κ3) is 10.2. The minimum atomic E-state index is -1.71. The predicted octanol–water partition coefficient (Wildman–Crippen LogP) is 3.31. The van der Waals surface area contributed by atoms with Gasteiger partial charge < -0.3 is 20.1 Å². The number of alkyl halides is 1. The fourth-order valence-corrected chi connectivity index (χ4v) is 2.70. The molecule has 2 atom stereocenters. The summed E-state index contributed by atoms with van der Waals surface area (Å²) >= 11 is 0. The van der Waals surface area contributed by atoms with Crippen LogP contribution in [0.1, 0.15) is 53.5 Å². The van der Waals surface area contributed by atoms with Crippen LogP contribution in [0.4, 0.5) is 9.18 Å². The van der Waals surface area contributed by atoms with E-state index in [1.54, 1.807) is 27.7 Å². The fraction of sp³-hybridized carbons (Fsp3) is 0.591. The Labute approximate surface area is 177 Å². The maximum Gasteiger partial charge on any atom is 0.408 e. The molecule has 0 saturated carbocycles. The first-order valence-electron chi connectivity index (χ1n) is 10.00. The van der Waals surface area contributed by atoms with Crippen LogP contribution < -0.4 is 10.6 Å². The Kier molecular flexibility index (Phi) is 9.26. The highest BCUT2D eigenvalue weighted by Crippen LogP contribution is 2.17. The number of carbonyl (C=O) groups is 3. The van der Waals surface area contributed by atoms with Gasteiger partial charge in [0.15, 0.2) is 0 Å². The van der Waals surface area contributed by atoms with Crippen LogP contribution in [-0.2, 0) is 25.5 Å². The van der Waals surface area contributed by atoms with Crippen molar-refractivity contribution in [2.75, 3.05) is 6.61 Å². The van der Waals surface area contributed by atoms with E-state index in [2.05, 4.69) is 10.6 Å². The lowest BCUT2D eigenvalue weighted by atomic mass is 9.99. The van der Waals surface area contributed by atoms with E-state index in [4.69, 9.17) is 9.47 Å². The van der Waals surface area contributed by atoms with Crippen LogP contribution in [0, 0.1) is 0 Å². The zero-order valence-electron chi connectivity index (χ0n) is 18.6. The highest BCUT2D eigenvalue weighted by Gasteiger charge is 2.33. The zero-order valence-corrected chi connectivity index (χ0v) is 18.6. The van der Waals surface area contributed by atoms with Crippen LogP contribution in [0.5, 0.6) is 0 Å². The van der Waals surface area contributed by atoms with E-state index in [0.29, 0.717) is 0 Å². The summed E-state index contributed by atoms with van der Waals surface area (Å²) in [6, 6.07) is 6.86. The van der Waals surface area contributed by atoms with E-state index >= 15 is 0 Å². The minimum absolute atomic E-state index is 0.0987. The normalized spacial score (nSPS) is 13.7. The third-order valence-electron chi connectivity index (χ3n) is 3.87. The number of hydrogen-bond acceptors (Lipinski definition) is 5. The van der Waals surface area contributed by atoms with Crippen molar-refractivity contribution in [1.82, 2.24) is 10.6 Å². The third-order valence-corrected chi connectivity index (χ3v) is 3.87. The summed E-state index contributed by atoms with van der Waals surface area (Å²) in [7, 11) is 0. The molecule has 8 heteroatoms. The topological polar surface area (TPSA) is 93.7 Å². The molecule has 0 spiro atoms. The molecule has 0 bridgehead atoms. The second-order valence-corrected chi connectivity index (χ2v) is 8.62. The van der Waals surface area contributed by atoms with Crippen LogP contribution in [0.25, 0.3) is 0 Å². The number of alkyl carbamates (subject to hydrolysis) is 1. The summed E-state index contributed by atoms with van der Waals surface area (Å²) in [6.07, 6.45) is -0.861. The van der Waals surface area contributed by atoms with Gasteiger partial charge in [0.25, 0.3) is 0 Å². The van der Waals surface area contributed by atoms with E-state index in [-0.39, 0.29) is 19.4 Å². The Morgan fingerprint density at radius 3 is 2.10 bits per heavy atom. The number of carbonyl (C=O) groups excluding carboxylic acids is 3. The van der Waals surface area contributed by atoms with Gasteiger partial charge in [0, 0.05) is 12.8 Å². The molecule has 0 aliphatic carbocycles. The number of esters is 1. The molecule has 1 aromatic carbocycles. The van der Waals surface area contributed by atoms with Crippen molar-refractivity contribution in [3.8, 4) is 0 Å². The molecule has 0 fully saturated rings. The molecule has 0 aliphatic rings. The SMILES string of the molecule is CCOC(=O)C(CC(C)(C)F)NC(=O)[C@@H](Cc1ccccc1)NC(=O)OC(C)(C)C. The molecule has 7 nitrogen and oxygen atoms in total. The second kappa shape index (κ2) is 10.9. The Bertz CT molecular complexity index is 710. The lowest BCUT2D eigenvalue weighted by Crippen LogP contribution is -2.54. The van der Waals surface area contributed by atoms with Gasteiger partial charge in [-0.1, -0.05) is 30.3 Å². The fourth-order valence-electron chi connectivity index (χ4n) is 2.70. The Balaban J connectivity index is 3.02. The number of hydrogen-bond donors (Lipinski definition) is 2. The number of halogens is 1. The van der Waals surface area contributed by atoms with E-state index in [9.17, 15) is 18.8 Å². The molecule has 1 aromatic rings. The van der Waals surface area contributed by atoms with Gasteiger partial charge in [-0.25, -0.2) is 14.0 Å². The Hall–Kier alpha value is -2.64. The molecule has 0 heterocycles. The Morgan fingerprint density at radius 1 is 1.00 bits per heavy atom. The zero-order chi connectivity index (χ0) is 22.9. The number of benzene rings is 1. The van der Waals surface area contributed by atoms with E-state index < -0.39 is 41.3 Å². The molecule has 2 N–H and O–H groups in total. The van der Waals surface area contributed by atoms with Gasteiger partial charge in [-0.05, 0) is 47.1 Å². The summed E-state index contributed by atoms with van der Waals surface area (Å²) in [4.78, 5) is 37.4. The van der Waals surface area contributed by atoms with Crippen molar-refractivity contribution in [2.24, 2.45) is 0 Å². The van der Waals surface area contributed by atoms with Crippen LogP contribution in [0.2, 0.25) is 0 Å². The van der Waals surface area contributed by atoms with Gasteiger partial charge in [0.1, 0.15) is 23.4 Å². The second-order valence-electron chi connectivity index (χ2n) is 8.62. The van der Waals surface area contributed by atoms with E-state index in [1.807, 2.05) is 30.3 Å². The summed E-state index contributed by atoms with van der Waals surface area (Å²) in [5.74, 6) is -1.36. The van der Waals surface area contributed by atoms with Crippen LogP contribution in [0.3, 0.4) is 0 Å². The highest BCUT2D eigenvalue weighted by molar-refractivity contribution is 5.90. The van der Waals surface area contributed by atoms with Gasteiger partial charge >= 0.3 is 12.1 Å². The van der Waals surface area contributed by atoms with Crippen LogP contribution in [0.15, 0.2) is 30.3 Å². The van der Waals surface area contributed by atoms with Crippen molar-refractivity contribution in [3.05, 3.63) is 35.9 Å². The molecule has 168 valence electrons.